The van der Waals surface area contributed by atoms with Crippen LogP contribution in [0.4, 0.5) is 0 Å². The van der Waals surface area contributed by atoms with Crippen molar-refractivity contribution in [3.05, 3.63) is 24.3 Å². The summed E-state index contributed by atoms with van der Waals surface area (Å²) in [5, 5.41) is 86.2. The van der Waals surface area contributed by atoms with E-state index < -0.39 is 86.8 Å². The van der Waals surface area contributed by atoms with Crippen molar-refractivity contribution in [1.29, 1.82) is 0 Å². The van der Waals surface area contributed by atoms with Crippen LogP contribution in [0.2, 0.25) is 0 Å². The Kier molecular flexibility index (Phi) is 29.2. The standard InChI is InChI=1S/C44H81NO13/c1-3-5-7-9-11-13-14-15-16-17-18-19-20-22-24-26-28-36(49)45-32(33(48)27-25-23-21-12-10-8-6-4-2)31-55-43-41(54)39(52)42(35(30-47)57-43)58-44-40(53)38(51)37(50)34(29-46)56-44/h10,12,25,27,32-35,37-44,46-48,50-54H,3-9,11,13-24,26,28-31H2,1-2H3,(H,45,49)/b12-10+,27-25+. The summed E-state index contributed by atoms with van der Waals surface area (Å²) in [4.78, 5) is 13.1. The Morgan fingerprint density at radius 3 is 1.67 bits per heavy atom. The van der Waals surface area contributed by atoms with E-state index in [1.807, 2.05) is 6.08 Å². The van der Waals surface area contributed by atoms with Crippen molar-refractivity contribution in [3.8, 4) is 0 Å². The smallest absolute Gasteiger partial charge is 0.220 e. The van der Waals surface area contributed by atoms with Gasteiger partial charge in [-0.2, -0.15) is 0 Å². The van der Waals surface area contributed by atoms with E-state index in [1.165, 1.54) is 77.0 Å². The number of carbonyl (C=O) groups excluding carboxylic acids is 1. The molecule has 0 aromatic carbocycles. The van der Waals surface area contributed by atoms with Crippen LogP contribution in [0, 0.1) is 0 Å². The molecular weight excluding hydrogens is 750 g/mol. The summed E-state index contributed by atoms with van der Waals surface area (Å²) in [6.07, 6.45) is 15.4. The van der Waals surface area contributed by atoms with Gasteiger partial charge in [0.25, 0.3) is 0 Å². The van der Waals surface area contributed by atoms with Crippen LogP contribution in [0.1, 0.15) is 155 Å². The first-order chi connectivity index (χ1) is 28.1. The molecule has 14 nitrogen and oxygen atoms in total. The van der Waals surface area contributed by atoms with Gasteiger partial charge in [0.1, 0.15) is 48.8 Å². The Morgan fingerprint density at radius 2 is 1.10 bits per heavy atom. The van der Waals surface area contributed by atoms with Gasteiger partial charge in [-0.25, -0.2) is 0 Å². The Labute approximate surface area is 348 Å². The molecule has 0 spiro atoms. The lowest BCUT2D eigenvalue weighted by Gasteiger charge is -2.46. The maximum Gasteiger partial charge on any atom is 0.220 e. The monoisotopic (exact) mass is 832 g/mol. The molecule has 0 aromatic heterocycles. The molecule has 1 amide bonds. The minimum absolute atomic E-state index is 0.253. The Hall–Kier alpha value is -1.53. The topological polar surface area (TPSA) is 228 Å². The Morgan fingerprint density at radius 1 is 0.603 bits per heavy atom. The highest BCUT2D eigenvalue weighted by Crippen LogP contribution is 2.30. The quantitative estimate of drug-likeness (QED) is 0.0334. The highest BCUT2D eigenvalue weighted by Gasteiger charge is 2.50. The molecule has 12 unspecified atom stereocenters. The predicted molar refractivity (Wildman–Crippen MR) is 221 cm³/mol. The molecule has 0 bridgehead atoms. The number of hydrogen-bond donors (Lipinski definition) is 9. The predicted octanol–water partition coefficient (Wildman–Crippen LogP) is 4.21. The SMILES string of the molecule is CCCC/C=C/CC/C=C/C(O)C(COC1OC(CO)C(OC2OC(CO)C(O)C(O)C2O)C(O)C1O)NC(=O)CCCCCCCCCCCCCCCCCC. The highest BCUT2D eigenvalue weighted by atomic mass is 16.7. The zero-order chi connectivity index (χ0) is 42.5. The first kappa shape index (κ1) is 52.6. The van der Waals surface area contributed by atoms with Gasteiger partial charge >= 0.3 is 0 Å². The third-order valence-corrected chi connectivity index (χ3v) is 11.1. The van der Waals surface area contributed by atoms with Crippen molar-refractivity contribution in [2.45, 2.75) is 229 Å². The van der Waals surface area contributed by atoms with Gasteiger partial charge in [-0.05, 0) is 25.7 Å². The molecule has 2 rings (SSSR count). The summed E-state index contributed by atoms with van der Waals surface area (Å²) in [6, 6.07) is -0.923. The molecule has 12 atom stereocenters. The maximum absolute atomic E-state index is 13.1. The number of aliphatic hydroxyl groups excluding tert-OH is 8. The van der Waals surface area contributed by atoms with Gasteiger partial charge in [0.2, 0.25) is 5.91 Å². The van der Waals surface area contributed by atoms with Crippen molar-refractivity contribution in [3.63, 3.8) is 0 Å². The van der Waals surface area contributed by atoms with Crippen LogP contribution in [0.5, 0.6) is 0 Å². The normalized spacial score (nSPS) is 29.0. The van der Waals surface area contributed by atoms with E-state index in [0.29, 0.717) is 12.8 Å². The zero-order valence-corrected chi connectivity index (χ0v) is 35.5. The van der Waals surface area contributed by atoms with Crippen molar-refractivity contribution >= 4 is 5.91 Å². The van der Waals surface area contributed by atoms with E-state index in [9.17, 15) is 45.6 Å². The van der Waals surface area contributed by atoms with Crippen molar-refractivity contribution < 1.29 is 64.6 Å². The molecule has 0 aromatic rings. The van der Waals surface area contributed by atoms with Gasteiger partial charge in [-0.1, -0.05) is 147 Å². The number of nitrogens with one attached hydrogen (secondary N) is 1. The lowest BCUT2D eigenvalue weighted by Crippen LogP contribution is -2.65. The van der Waals surface area contributed by atoms with Gasteiger partial charge < -0.3 is 65.1 Å². The fourth-order valence-electron chi connectivity index (χ4n) is 7.35. The van der Waals surface area contributed by atoms with E-state index in [4.69, 9.17) is 18.9 Å². The van der Waals surface area contributed by atoms with Crippen LogP contribution in [-0.4, -0.2) is 140 Å². The van der Waals surface area contributed by atoms with E-state index in [-0.39, 0.29) is 18.9 Å². The molecule has 14 heteroatoms. The van der Waals surface area contributed by atoms with Gasteiger partial charge in [0.05, 0.1) is 32.0 Å². The molecule has 2 fully saturated rings. The van der Waals surface area contributed by atoms with Gasteiger partial charge in [-0.15, -0.1) is 0 Å². The number of hydrogen-bond acceptors (Lipinski definition) is 13. The number of ether oxygens (including phenoxy) is 4. The summed E-state index contributed by atoms with van der Waals surface area (Å²) in [5.74, 6) is -0.253. The second-order valence-corrected chi connectivity index (χ2v) is 16.2. The van der Waals surface area contributed by atoms with E-state index in [0.717, 1.165) is 44.9 Å². The number of rotatable bonds is 33. The van der Waals surface area contributed by atoms with Gasteiger partial charge in [0.15, 0.2) is 12.6 Å². The fraction of sp³-hybridized carbons (Fsp3) is 0.886. The van der Waals surface area contributed by atoms with Crippen molar-refractivity contribution in [2.75, 3.05) is 19.8 Å². The highest BCUT2D eigenvalue weighted by molar-refractivity contribution is 5.76. The van der Waals surface area contributed by atoms with Crippen LogP contribution in [0.15, 0.2) is 24.3 Å². The molecule has 0 aliphatic carbocycles. The average molecular weight is 832 g/mol. The van der Waals surface area contributed by atoms with E-state index in [2.05, 4.69) is 31.3 Å². The van der Waals surface area contributed by atoms with Crippen LogP contribution in [0.25, 0.3) is 0 Å². The van der Waals surface area contributed by atoms with Crippen LogP contribution in [-0.2, 0) is 23.7 Å². The molecule has 2 heterocycles. The summed E-state index contributed by atoms with van der Waals surface area (Å²) < 4.78 is 22.5. The number of aliphatic hydroxyl groups is 8. The minimum Gasteiger partial charge on any atom is -0.394 e. The third-order valence-electron chi connectivity index (χ3n) is 11.1. The Bertz CT molecular complexity index is 1080. The molecule has 0 saturated carbocycles. The maximum atomic E-state index is 13.1. The number of carbonyl (C=O) groups is 1. The zero-order valence-electron chi connectivity index (χ0n) is 35.5. The molecule has 58 heavy (non-hydrogen) atoms. The lowest BCUT2D eigenvalue weighted by atomic mass is 9.97. The minimum atomic E-state index is -1.79. The fourth-order valence-corrected chi connectivity index (χ4v) is 7.35. The summed E-state index contributed by atoms with van der Waals surface area (Å²) in [7, 11) is 0. The molecule has 0 radical (unpaired) electrons. The largest absolute Gasteiger partial charge is 0.394 e. The average Bonchev–Trinajstić information content (AvgIpc) is 3.22. The van der Waals surface area contributed by atoms with Crippen LogP contribution < -0.4 is 5.32 Å². The van der Waals surface area contributed by atoms with Gasteiger partial charge in [-0.3, -0.25) is 4.79 Å². The first-order valence-corrected chi connectivity index (χ1v) is 22.6. The molecule has 340 valence electrons. The van der Waals surface area contributed by atoms with Gasteiger partial charge in [0, 0.05) is 6.42 Å². The molecule has 9 N–H and O–H groups in total. The van der Waals surface area contributed by atoms with Crippen LogP contribution >= 0.6 is 0 Å². The van der Waals surface area contributed by atoms with E-state index >= 15 is 0 Å². The molecule has 2 aliphatic heterocycles. The molecular formula is C44H81NO13. The lowest BCUT2D eigenvalue weighted by molar-refractivity contribution is -0.359. The van der Waals surface area contributed by atoms with Crippen LogP contribution in [0.3, 0.4) is 0 Å². The second kappa shape index (κ2) is 32.2. The molecule has 2 aliphatic rings. The summed E-state index contributed by atoms with van der Waals surface area (Å²) >= 11 is 0. The van der Waals surface area contributed by atoms with E-state index in [1.54, 1.807) is 6.08 Å². The summed E-state index contributed by atoms with van der Waals surface area (Å²) in [6.45, 7) is 2.67. The number of allylic oxidation sites excluding steroid dienone is 3. The van der Waals surface area contributed by atoms with Crippen molar-refractivity contribution in [1.82, 2.24) is 5.32 Å². The van der Waals surface area contributed by atoms with Crippen molar-refractivity contribution in [2.24, 2.45) is 0 Å². The second-order valence-electron chi connectivity index (χ2n) is 16.2. The summed E-state index contributed by atoms with van der Waals surface area (Å²) in [5.41, 5.74) is 0. The molecule has 2 saturated heterocycles. The number of unbranched alkanes of at least 4 members (excludes halogenated alkanes) is 18. The third kappa shape index (κ3) is 20.4. The Balaban J connectivity index is 1.86. The first-order valence-electron chi connectivity index (χ1n) is 22.6. The number of amides is 1.